The van der Waals surface area contributed by atoms with Gasteiger partial charge in [-0.2, -0.15) is 0 Å². The molecule has 1 nitrogen and oxygen atoms in total. The second kappa shape index (κ2) is 5.71. The van der Waals surface area contributed by atoms with Crippen LogP contribution in [0, 0.1) is 11.6 Å². The summed E-state index contributed by atoms with van der Waals surface area (Å²) in [7, 11) is 0. The first-order valence-corrected chi connectivity index (χ1v) is 6.05. The van der Waals surface area contributed by atoms with Crippen LogP contribution in [-0.2, 0) is 0 Å². The summed E-state index contributed by atoms with van der Waals surface area (Å²) in [4.78, 5) is 1.14. The van der Waals surface area contributed by atoms with Gasteiger partial charge in [0.1, 0.15) is 11.6 Å². The number of alkyl halides is 2. The van der Waals surface area contributed by atoms with E-state index in [-0.39, 0.29) is 22.0 Å². The van der Waals surface area contributed by atoms with E-state index in [1.807, 2.05) is 0 Å². The number of hydrogen-bond donors (Lipinski definition) is 0. The lowest BCUT2D eigenvalue weighted by atomic mass is 10.1. The van der Waals surface area contributed by atoms with Crippen LogP contribution in [0.4, 0.5) is 17.6 Å². The molecule has 0 saturated heterocycles. The van der Waals surface area contributed by atoms with E-state index in [0.29, 0.717) is 6.07 Å². The fourth-order valence-corrected chi connectivity index (χ4v) is 2.08. The summed E-state index contributed by atoms with van der Waals surface area (Å²) in [5.74, 6) is -1.58. The van der Waals surface area contributed by atoms with Crippen molar-refractivity contribution in [2.24, 2.45) is 0 Å². The molecule has 2 rings (SSSR count). The van der Waals surface area contributed by atoms with Crippen LogP contribution in [0.2, 0.25) is 0 Å². The Labute approximate surface area is 118 Å². The summed E-state index contributed by atoms with van der Waals surface area (Å²) < 4.78 is 51.8. The average Bonchev–Trinajstić information content (AvgIpc) is 2.33. The molecule has 0 N–H and O–H groups in total. The van der Waals surface area contributed by atoms with Gasteiger partial charge in [0, 0.05) is 17.3 Å². The molecule has 1 aliphatic rings. The molecule has 0 atom stereocenters. The monoisotopic (exact) mass is 303 g/mol. The Balaban J connectivity index is 2.47. The molecule has 0 bridgehead atoms. The van der Waals surface area contributed by atoms with Gasteiger partial charge in [0.2, 0.25) is 0 Å². The third-order valence-corrected chi connectivity index (χ3v) is 3.10. The zero-order valence-corrected chi connectivity index (χ0v) is 11.0. The maximum atomic E-state index is 13.2. The van der Waals surface area contributed by atoms with E-state index in [4.69, 9.17) is 11.6 Å². The van der Waals surface area contributed by atoms with Crippen LogP contribution in [0.3, 0.4) is 0 Å². The summed E-state index contributed by atoms with van der Waals surface area (Å²) in [6.45, 7) is 2.95. The number of allylic oxidation sites excluding steroid dienone is 3. The fraction of sp³-hybridized carbons (Fsp3) is 0.143. The van der Waals surface area contributed by atoms with Gasteiger partial charge in [-0.25, -0.2) is 17.6 Å². The Morgan fingerprint density at radius 1 is 1.10 bits per heavy atom. The van der Waals surface area contributed by atoms with Gasteiger partial charge >= 0.3 is 0 Å². The smallest absolute Gasteiger partial charge is 0.256 e. The lowest BCUT2D eigenvalue weighted by Crippen LogP contribution is -2.28. The highest BCUT2D eigenvalue weighted by Crippen LogP contribution is 2.33. The third-order valence-electron chi connectivity index (χ3n) is 2.76. The Bertz CT molecular complexity index is 587. The Kier molecular flexibility index (Phi) is 4.18. The second-order valence-electron chi connectivity index (χ2n) is 4.17. The SMILES string of the molecule is C=C1C(Cl)=CC=C(c2cc(F)cc(F)c2)N1CC(F)F. The predicted octanol–water partition coefficient (Wildman–Crippen LogP) is 4.52. The lowest BCUT2D eigenvalue weighted by molar-refractivity contribution is 0.123. The quantitative estimate of drug-likeness (QED) is 0.742. The van der Waals surface area contributed by atoms with Crippen LogP contribution in [0.25, 0.3) is 5.70 Å². The Morgan fingerprint density at radius 2 is 1.70 bits per heavy atom. The van der Waals surface area contributed by atoms with Crippen molar-refractivity contribution in [1.29, 1.82) is 0 Å². The maximum absolute atomic E-state index is 13.2. The molecule has 0 spiro atoms. The molecule has 106 valence electrons. The molecule has 0 aromatic heterocycles. The van der Waals surface area contributed by atoms with Crippen molar-refractivity contribution in [3.63, 3.8) is 0 Å². The zero-order valence-electron chi connectivity index (χ0n) is 10.2. The van der Waals surface area contributed by atoms with Crippen molar-refractivity contribution in [1.82, 2.24) is 4.90 Å². The summed E-state index contributed by atoms with van der Waals surface area (Å²) >= 11 is 5.84. The summed E-state index contributed by atoms with van der Waals surface area (Å²) in [5.41, 5.74) is 0.525. The average molecular weight is 304 g/mol. The first-order chi connectivity index (χ1) is 9.38. The van der Waals surface area contributed by atoms with Gasteiger partial charge in [-0.05, 0) is 24.3 Å². The highest BCUT2D eigenvalue weighted by molar-refractivity contribution is 6.32. The van der Waals surface area contributed by atoms with E-state index in [2.05, 4.69) is 6.58 Å². The van der Waals surface area contributed by atoms with Crippen LogP contribution < -0.4 is 0 Å². The van der Waals surface area contributed by atoms with Gasteiger partial charge in [0.15, 0.2) is 0 Å². The number of benzene rings is 1. The summed E-state index contributed by atoms with van der Waals surface area (Å²) in [6.07, 6.45) is 0.230. The molecular weight excluding hydrogens is 294 g/mol. The van der Waals surface area contributed by atoms with Crippen molar-refractivity contribution < 1.29 is 17.6 Å². The number of halogens is 5. The third kappa shape index (κ3) is 3.04. The molecule has 0 radical (unpaired) electrons. The van der Waals surface area contributed by atoms with E-state index in [9.17, 15) is 17.6 Å². The number of hydrogen-bond acceptors (Lipinski definition) is 1. The van der Waals surface area contributed by atoms with E-state index >= 15 is 0 Å². The highest BCUT2D eigenvalue weighted by atomic mass is 35.5. The van der Waals surface area contributed by atoms with Crippen molar-refractivity contribution in [3.05, 3.63) is 64.9 Å². The summed E-state index contributed by atoms with van der Waals surface area (Å²) in [6, 6.07) is 2.84. The normalized spacial score (nSPS) is 15.5. The van der Waals surface area contributed by atoms with Gasteiger partial charge in [-0.1, -0.05) is 18.2 Å². The lowest BCUT2D eigenvalue weighted by Gasteiger charge is -2.31. The molecule has 1 aliphatic heterocycles. The first kappa shape index (κ1) is 14.7. The van der Waals surface area contributed by atoms with Crippen LogP contribution in [-0.4, -0.2) is 17.9 Å². The van der Waals surface area contributed by atoms with E-state index in [0.717, 1.165) is 17.0 Å². The first-order valence-electron chi connectivity index (χ1n) is 5.67. The van der Waals surface area contributed by atoms with E-state index in [1.54, 1.807) is 0 Å². The molecule has 6 heteroatoms. The van der Waals surface area contributed by atoms with E-state index < -0.39 is 24.6 Å². The van der Waals surface area contributed by atoms with Gasteiger partial charge in [-0.15, -0.1) is 0 Å². The summed E-state index contributed by atoms with van der Waals surface area (Å²) in [5, 5.41) is 0.200. The topological polar surface area (TPSA) is 3.24 Å². The second-order valence-corrected chi connectivity index (χ2v) is 4.58. The van der Waals surface area contributed by atoms with Gasteiger partial charge < -0.3 is 4.90 Å². The molecule has 0 amide bonds. The molecule has 1 heterocycles. The molecular formula is C14H10ClF4N. The van der Waals surface area contributed by atoms with Gasteiger partial charge in [0.05, 0.1) is 17.3 Å². The molecule has 0 fully saturated rings. The van der Waals surface area contributed by atoms with Gasteiger partial charge in [0.25, 0.3) is 6.43 Å². The number of nitrogens with zero attached hydrogens (tertiary/aromatic N) is 1. The predicted molar refractivity (Wildman–Crippen MR) is 70.1 cm³/mol. The standard InChI is InChI=1S/C14H10ClF4N/c1-8-12(15)2-3-13(20(8)7-14(18)19)9-4-10(16)6-11(17)5-9/h2-6,14H,1,7H2. The fourth-order valence-electron chi connectivity index (χ4n) is 1.91. The van der Waals surface area contributed by atoms with Crippen LogP contribution in [0.1, 0.15) is 5.56 Å². The molecule has 0 unspecified atom stereocenters. The molecule has 0 saturated carbocycles. The largest absolute Gasteiger partial charge is 0.334 e. The molecule has 1 aromatic rings. The van der Waals surface area contributed by atoms with Crippen molar-refractivity contribution >= 4 is 17.3 Å². The van der Waals surface area contributed by atoms with Crippen LogP contribution in [0.15, 0.2) is 47.7 Å². The van der Waals surface area contributed by atoms with Crippen molar-refractivity contribution in [2.75, 3.05) is 6.54 Å². The van der Waals surface area contributed by atoms with Gasteiger partial charge in [-0.3, -0.25) is 0 Å². The minimum Gasteiger partial charge on any atom is -0.334 e. The Hall–Kier alpha value is -1.75. The highest BCUT2D eigenvalue weighted by Gasteiger charge is 2.23. The van der Waals surface area contributed by atoms with Crippen LogP contribution in [0.5, 0.6) is 0 Å². The number of rotatable bonds is 3. The Morgan fingerprint density at radius 3 is 2.25 bits per heavy atom. The maximum Gasteiger partial charge on any atom is 0.256 e. The van der Waals surface area contributed by atoms with Crippen LogP contribution >= 0.6 is 11.6 Å². The minimum atomic E-state index is -2.64. The van der Waals surface area contributed by atoms with Crippen molar-refractivity contribution in [2.45, 2.75) is 6.43 Å². The minimum absolute atomic E-state index is 0.143. The van der Waals surface area contributed by atoms with E-state index in [1.165, 1.54) is 12.2 Å². The van der Waals surface area contributed by atoms with Crippen molar-refractivity contribution in [3.8, 4) is 0 Å². The molecule has 1 aromatic carbocycles. The zero-order chi connectivity index (χ0) is 14.9. The molecule has 0 aliphatic carbocycles. The molecule has 20 heavy (non-hydrogen) atoms.